The number of fused-ring (bicyclic) bond motifs is 13. The van der Waals surface area contributed by atoms with Crippen molar-refractivity contribution in [2.45, 2.75) is 0 Å². The molecule has 0 radical (unpaired) electrons. The quantitative estimate of drug-likeness (QED) is 0.165. The predicted molar refractivity (Wildman–Crippen MR) is 286 cm³/mol. The molecule has 0 bridgehead atoms. The third-order valence-corrected chi connectivity index (χ3v) is 15.4. The fraction of sp³-hybridized carbons (Fsp3) is 0. The van der Waals surface area contributed by atoms with Gasteiger partial charge in [-0.1, -0.05) is 170 Å². The first-order valence-electron chi connectivity index (χ1n) is 22.9. The monoisotopic (exact) mass is 868 g/mol. The van der Waals surface area contributed by atoms with Gasteiger partial charge in [-0.15, -0.1) is 11.3 Å². The molecule has 67 heavy (non-hydrogen) atoms. The average Bonchev–Trinajstić information content (AvgIpc) is 4.08. The van der Waals surface area contributed by atoms with Crippen molar-refractivity contribution in [1.29, 1.82) is 0 Å². The molecule has 2 nitrogen and oxygen atoms in total. The minimum absolute atomic E-state index is 0.908. The molecule has 15 aromatic rings. The van der Waals surface area contributed by atoms with Crippen LogP contribution in [0, 0.1) is 0 Å². The van der Waals surface area contributed by atoms with Gasteiger partial charge in [0.15, 0.2) is 0 Å². The Morgan fingerprint density at radius 2 is 0.612 bits per heavy atom. The Hall–Kier alpha value is -8.50. The molecule has 0 spiro atoms. The van der Waals surface area contributed by atoms with E-state index in [4.69, 9.17) is 8.83 Å². The van der Waals surface area contributed by atoms with E-state index in [1.807, 2.05) is 23.5 Å². The highest BCUT2D eigenvalue weighted by atomic mass is 32.1. The average molecular weight is 869 g/mol. The summed E-state index contributed by atoms with van der Waals surface area (Å²) in [7, 11) is 0. The van der Waals surface area contributed by atoms with Crippen LogP contribution in [0.1, 0.15) is 0 Å². The van der Waals surface area contributed by atoms with Gasteiger partial charge in [0.1, 0.15) is 22.3 Å². The predicted octanol–water partition coefficient (Wildman–Crippen LogP) is 19.1. The summed E-state index contributed by atoms with van der Waals surface area (Å²) in [5.74, 6) is 0. The standard InChI is InChI=1S/C64H36O2S/c1-3-18-44-42(16-1)60(37-29-32-56-52(34-37)40-14-9-11-25-54(40)65-56)43-17-2-4-19-45(43)62(44)39-28-31-50-59(36-39)67-58-27-13-24-51(64(50)58)63-48-22-7-5-20-46(48)61(47-21-6-8-23-49(47)63)38-30-33-57-53(35-38)41-15-10-12-26-55(41)66-57/h1-36H. The lowest BCUT2D eigenvalue weighted by Gasteiger charge is -2.18. The van der Waals surface area contributed by atoms with Crippen LogP contribution in [0.2, 0.25) is 0 Å². The molecule has 0 aliphatic carbocycles. The fourth-order valence-electron chi connectivity index (χ4n) is 11.4. The van der Waals surface area contributed by atoms with Gasteiger partial charge < -0.3 is 8.83 Å². The summed E-state index contributed by atoms with van der Waals surface area (Å²) in [6.07, 6.45) is 0. The summed E-state index contributed by atoms with van der Waals surface area (Å²) in [6, 6.07) is 79.9. The van der Waals surface area contributed by atoms with Crippen molar-refractivity contribution >= 4 is 118 Å². The Labute approximate surface area is 388 Å². The van der Waals surface area contributed by atoms with Crippen molar-refractivity contribution in [3.63, 3.8) is 0 Å². The highest BCUT2D eigenvalue weighted by Gasteiger charge is 2.22. The summed E-state index contributed by atoms with van der Waals surface area (Å²) in [4.78, 5) is 0. The number of thiophene rings is 1. The van der Waals surface area contributed by atoms with Gasteiger partial charge in [-0.05, 0) is 136 Å². The van der Waals surface area contributed by atoms with Crippen LogP contribution in [-0.4, -0.2) is 0 Å². The first-order chi connectivity index (χ1) is 33.2. The van der Waals surface area contributed by atoms with E-state index in [1.54, 1.807) is 0 Å². The summed E-state index contributed by atoms with van der Waals surface area (Å²) in [5, 5.41) is 17.1. The van der Waals surface area contributed by atoms with E-state index >= 15 is 0 Å². The summed E-state index contributed by atoms with van der Waals surface area (Å²) < 4.78 is 15.1. The van der Waals surface area contributed by atoms with Crippen LogP contribution in [0.3, 0.4) is 0 Å². The molecule has 3 heteroatoms. The minimum Gasteiger partial charge on any atom is -0.456 e. The van der Waals surface area contributed by atoms with Gasteiger partial charge in [0.2, 0.25) is 0 Å². The zero-order valence-electron chi connectivity index (χ0n) is 36.0. The van der Waals surface area contributed by atoms with Crippen molar-refractivity contribution < 1.29 is 8.83 Å². The Morgan fingerprint density at radius 3 is 1.07 bits per heavy atom. The molecule has 12 aromatic carbocycles. The van der Waals surface area contributed by atoms with Crippen LogP contribution < -0.4 is 0 Å². The number of rotatable bonds is 4. The topological polar surface area (TPSA) is 26.3 Å². The molecular formula is C64H36O2S. The molecule has 0 amide bonds. The minimum atomic E-state index is 0.908. The molecular weight excluding hydrogens is 833 g/mol. The molecule has 0 saturated carbocycles. The van der Waals surface area contributed by atoms with Gasteiger partial charge in [-0.2, -0.15) is 0 Å². The highest BCUT2D eigenvalue weighted by molar-refractivity contribution is 7.26. The summed E-state index contributed by atoms with van der Waals surface area (Å²) >= 11 is 1.89. The third-order valence-electron chi connectivity index (χ3n) is 14.2. The van der Waals surface area contributed by atoms with Crippen molar-refractivity contribution in [2.24, 2.45) is 0 Å². The Balaban J connectivity index is 0.936. The second-order valence-corrected chi connectivity index (χ2v) is 18.9. The van der Waals surface area contributed by atoms with Crippen LogP contribution in [0.15, 0.2) is 227 Å². The SMILES string of the molecule is c1ccc2c(c1)oc1ccc(-c3c4ccccc4c(-c4ccc5c(c4)sc4cccc(-c6c7ccccc7c(-c7ccc8oc9ccccc9c8c7)c7ccccc67)c45)c4ccccc34)cc12. The maximum absolute atomic E-state index is 6.27. The lowest BCUT2D eigenvalue weighted by Crippen LogP contribution is -1.91. The van der Waals surface area contributed by atoms with Gasteiger partial charge in [0.05, 0.1) is 0 Å². The number of furan rings is 2. The second-order valence-electron chi connectivity index (χ2n) is 17.8. The lowest BCUT2D eigenvalue weighted by atomic mass is 9.84. The normalized spacial score (nSPS) is 12.2. The van der Waals surface area contributed by atoms with Crippen LogP contribution in [0.5, 0.6) is 0 Å². The lowest BCUT2D eigenvalue weighted by molar-refractivity contribution is 0.668. The van der Waals surface area contributed by atoms with Crippen molar-refractivity contribution in [3.8, 4) is 44.5 Å². The van der Waals surface area contributed by atoms with Gasteiger partial charge in [-0.25, -0.2) is 0 Å². The van der Waals surface area contributed by atoms with E-state index in [-0.39, 0.29) is 0 Å². The van der Waals surface area contributed by atoms with Crippen molar-refractivity contribution in [1.82, 2.24) is 0 Å². The van der Waals surface area contributed by atoms with Crippen LogP contribution in [-0.2, 0) is 0 Å². The Morgan fingerprint density at radius 1 is 0.239 bits per heavy atom. The van der Waals surface area contributed by atoms with Crippen molar-refractivity contribution in [2.75, 3.05) is 0 Å². The molecule has 15 rings (SSSR count). The van der Waals surface area contributed by atoms with E-state index in [9.17, 15) is 0 Å². The number of hydrogen-bond donors (Lipinski definition) is 0. The molecule has 0 aliphatic rings. The van der Waals surface area contributed by atoms with Crippen molar-refractivity contribution in [3.05, 3.63) is 218 Å². The molecule has 310 valence electrons. The van der Waals surface area contributed by atoms with Gasteiger partial charge in [-0.3, -0.25) is 0 Å². The Bertz CT molecular complexity index is 4470. The van der Waals surface area contributed by atoms with E-state index in [2.05, 4.69) is 206 Å². The number of para-hydroxylation sites is 2. The first-order valence-corrected chi connectivity index (χ1v) is 23.7. The van der Waals surface area contributed by atoms with Crippen LogP contribution >= 0.6 is 11.3 Å². The largest absolute Gasteiger partial charge is 0.456 e. The van der Waals surface area contributed by atoms with Crippen LogP contribution in [0.4, 0.5) is 0 Å². The maximum atomic E-state index is 6.27. The molecule has 0 unspecified atom stereocenters. The molecule has 0 atom stereocenters. The third kappa shape index (κ3) is 5.32. The molecule has 0 aliphatic heterocycles. The zero-order valence-corrected chi connectivity index (χ0v) is 36.8. The molecule has 0 fully saturated rings. The van der Waals surface area contributed by atoms with E-state index in [0.717, 1.165) is 43.9 Å². The smallest absolute Gasteiger partial charge is 0.135 e. The summed E-state index contributed by atoms with van der Waals surface area (Å²) in [6.45, 7) is 0. The first kappa shape index (κ1) is 36.8. The van der Waals surface area contributed by atoms with Gasteiger partial charge >= 0.3 is 0 Å². The highest BCUT2D eigenvalue weighted by Crippen LogP contribution is 2.50. The molecule has 3 heterocycles. The second kappa shape index (κ2) is 14.0. The van der Waals surface area contributed by atoms with E-state index in [1.165, 1.54) is 108 Å². The molecule has 0 N–H and O–H groups in total. The molecule has 0 saturated heterocycles. The fourth-order valence-corrected chi connectivity index (χ4v) is 12.6. The molecule has 3 aromatic heterocycles. The van der Waals surface area contributed by atoms with E-state index < -0.39 is 0 Å². The summed E-state index contributed by atoms with van der Waals surface area (Å²) in [5.41, 5.74) is 13.5. The van der Waals surface area contributed by atoms with Gasteiger partial charge in [0, 0.05) is 41.7 Å². The van der Waals surface area contributed by atoms with Crippen LogP contribution in [0.25, 0.3) is 152 Å². The Kier molecular flexibility index (Phi) is 7.69. The maximum Gasteiger partial charge on any atom is 0.135 e. The van der Waals surface area contributed by atoms with Gasteiger partial charge in [0.25, 0.3) is 0 Å². The number of hydrogen-bond acceptors (Lipinski definition) is 3. The zero-order chi connectivity index (χ0) is 43.7. The number of benzene rings is 12. The van der Waals surface area contributed by atoms with E-state index in [0.29, 0.717) is 0 Å².